The molecular formula is C11H11N5O5. The van der Waals surface area contributed by atoms with Gasteiger partial charge in [-0.25, -0.2) is 4.98 Å². The standard InChI is InChI=1S/C11H11N5O5/c1-3(17)7(21-4(2)18)5-9(19)14-8-6(13-5)10(20)16-11(12)15-8/h17H,1-2H3,(H4,12,14,15,16,19,20)/b7-3+. The fourth-order valence-corrected chi connectivity index (χ4v) is 1.60. The first-order valence-electron chi connectivity index (χ1n) is 5.68. The second kappa shape index (κ2) is 5.07. The molecule has 110 valence electrons. The molecule has 0 saturated carbocycles. The fourth-order valence-electron chi connectivity index (χ4n) is 1.60. The molecule has 0 aliphatic heterocycles. The third-order valence-corrected chi connectivity index (χ3v) is 2.37. The normalized spacial score (nSPS) is 12.1. The van der Waals surface area contributed by atoms with Crippen LogP contribution in [0.2, 0.25) is 0 Å². The maximum absolute atomic E-state index is 11.9. The van der Waals surface area contributed by atoms with Crippen LogP contribution in [-0.2, 0) is 9.53 Å². The largest absolute Gasteiger partial charge is 0.509 e. The van der Waals surface area contributed by atoms with Gasteiger partial charge in [0.25, 0.3) is 11.1 Å². The van der Waals surface area contributed by atoms with E-state index < -0.39 is 34.3 Å². The van der Waals surface area contributed by atoms with Gasteiger partial charge in [0.2, 0.25) is 5.95 Å². The monoisotopic (exact) mass is 293 g/mol. The lowest BCUT2D eigenvalue weighted by Crippen LogP contribution is -2.22. The van der Waals surface area contributed by atoms with Crippen molar-refractivity contribution in [2.24, 2.45) is 0 Å². The second-order valence-corrected chi connectivity index (χ2v) is 4.07. The third-order valence-electron chi connectivity index (χ3n) is 2.37. The summed E-state index contributed by atoms with van der Waals surface area (Å²) >= 11 is 0. The van der Waals surface area contributed by atoms with Crippen molar-refractivity contribution in [1.82, 2.24) is 19.9 Å². The Kier molecular flexibility index (Phi) is 3.44. The quantitative estimate of drug-likeness (QED) is 0.421. The summed E-state index contributed by atoms with van der Waals surface area (Å²) in [6.07, 6.45) is 0. The molecule has 0 fully saturated rings. The number of H-pyrrole nitrogens is 2. The molecule has 10 heteroatoms. The molecule has 0 aromatic carbocycles. The van der Waals surface area contributed by atoms with Gasteiger partial charge in [0.05, 0.1) is 0 Å². The van der Waals surface area contributed by atoms with Gasteiger partial charge in [0.15, 0.2) is 22.6 Å². The van der Waals surface area contributed by atoms with Gasteiger partial charge in [0, 0.05) is 6.92 Å². The molecule has 0 bridgehead atoms. The predicted octanol–water partition coefficient (Wildman–Crippen LogP) is -0.602. The Morgan fingerprint density at radius 3 is 2.43 bits per heavy atom. The van der Waals surface area contributed by atoms with E-state index in [-0.39, 0.29) is 17.1 Å². The highest BCUT2D eigenvalue weighted by Crippen LogP contribution is 2.15. The Morgan fingerprint density at radius 2 is 1.86 bits per heavy atom. The lowest BCUT2D eigenvalue weighted by Gasteiger charge is -2.07. The molecule has 2 aromatic heterocycles. The van der Waals surface area contributed by atoms with E-state index in [1.807, 2.05) is 0 Å². The number of aliphatic hydroxyl groups is 1. The van der Waals surface area contributed by atoms with Crippen LogP contribution in [-0.4, -0.2) is 31.0 Å². The molecular weight excluding hydrogens is 282 g/mol. The number of carbonyl (C=O) groups is 1. The Balaban J connectivity index is 2.79. The van der Waals surface area contributed by atoms with Crippen LogP contribution in [0.1, 0.15) is 19.5 Å². The summed E-state index contributed by atoms with van der Waals surface area (Å²) in [5.41, 5.74) is 3.10. The highest BCUT2D eigenvalue weighted by molar-refractivity contribution is 5.77. The van der Waals surface area contributed by atoms with Gasteiger partial charge in [0.1, 0.15) is 5.76 Å². The maximum Gasteiger partial charge on any atom is 0.308 e. The average Bonchev–Trinajstić information content (AvgIpc) is 2.34. The number of nitrogen functional groups attached to an aromatic ring is 1. The number of anilines is 1. The number of esters is 1. The molecule has 2 heterocycles. The van der Waals surface area contributed by atoms with Crippen LogP contribution in [0.25, 0.3) is 16.9 Å². The first-order chi connectivity index (χ1) is 9.79. The van der Waals surface area contributed by atoms with Gasteiger partial charge in [-0.1, -0.05) is 0 Å². The van der Waals surface area contributed by atoms with E-state index in [0.29, 0.717) is 0 Å². The summed E-state index contributed by atoms with van der Waals surface area (Å²) in [7, 11) is 0. The number of nitrogens with one attached hydrogen (secondary N) is 2. The van der Waals surface area contributed by atoms with Crippen LogP contribution in [0, 0.1) is 0 Å². The molecule has 0 atom stereocenters. The van der Waals surface area contributed by atoms with Gasteiger partial charge in [-0.05, 0) is 6.92 Å². The van der Waals surface area contributed by atoms with Crippen molar-refractivity contribution in [3.63, 3.8) is 0 Å². The van der Waals surface area contributed by atoms with Crippen molar-refractivity contribution < 1.29 is 14.6 Å². The van der Waals surface area contributed by atoms with E-state index in [9.17, 15) is 19.5 Å². The summed E-state index contributed by atoms with van der Waals surface area (Å²) in [5, 5.41) is 9.51. The lowest BCUT2D eigenvalue weighted by atomic mass is 10.3. The second-order valence-electron chi connectivity index (χ2n) is 4.07. The maximum atomic E-state index is 11.9. The molecule has 0 spiro atoms. The van der Waals surface area contributed by atoms with Gasteiger partial charge < -0.3 is 20.6 Å². The van der Waals surface area contributed by atoms with Crippen molar-refractivity contribution in [3.8, 4) is 0 Å². The SMILES string of the molecule is CC(=O)O/C(=C(\C)O)c1nc2c(=O)[nH]c(N)nc2[nH]c1=O. The van der Waals surface area contributed by atoms with E-state index in [0.717, 1.165) is 6.92 Å². The highest BCUT2D eigenvalue weighted by Gasteiger charge is 2.18. The Morgan fingerprint density at radius 1 is 1.19 bits per heavy atom. The Hall–Kier alpha value is -3.17. The lowest BCUT2D eigenvalue weighted by molar-refractivity contribution is -0.134. The van der Waals surface area contributed by atoms with E-state index in [1.54, 1.807) is 0 Å². The summed E-state index contributed by atoms with van der Waals surface area (Å²) in [6.45, 7) is 2.29. The summed E-state index contributed by atoms with van der Waals surface area (Å²) in [5.74, 6) is -1.83. The molecule has 2 rings (SSSR count). The topological polar surface area (TPSA) is 164 Å². The number of aliphatic hydroxyl groups excluding tert-OH is 1. The van der Waals surface area contributed by atoms with Gasteiger partial charge in [-0.2, -0.15) is 4.98 Å². The Labute approximate surface area is 116 Å². The number of fused-ring (bicyclic) bond motifs is 1. The van der Waals surface area contributed by atoms with Crippen molar-refractivity contribution in [1.29, 1.82) is 0 Å². The van der Waals surface area contributed by atoms with Crippen molar-refractivity contribution >= 4 is 28.8 Å². The van der Waals surface area contributed by atoms with E-state index in [2.05, 4.69) is 19.9 Å². The minimum absolute atomic E-state index is 0.122. The number of aromatic nitrogens is 4. The minimum Gasteiger partial charge on any atom is -0.509 e. The molecule has 0 unspecified atom stereocenters. The number of ether oxygens (including phenoxy) is 1. The molecule has 0 aliphatic carbocycles. The van der Waals surface area contributed by atoms with Crippen molar-refractivity contribution in [2.45, 2.75) is 13.8 Å². The number of aromatic amines is 2. The van der Waals surface area contributed by atoms with E-state index >= 15 is 0 Å². The number of rotatable bonds is 2. The first-order valence-corrected chi connectivity index (χ1v) is 5.68. The van der Waals surface area contributed by atoms with E-state index in [1.165, 1.54) is 6.92 Å². The van der Waals surface area contributed by atoms with Gasteiger partial charge >= 0.3 is 5.97 Å². The zero-order valence-electron chi connectivity index (χ0n) is 11.1. The molecule has 0 radical (unpaired) electrons. The molecule has 21 heavy (non-hydrogen) atoms. The fraction of sp³-hybridized carbons (Fsp3) is 0.182. The molecule has 0 saturated heterocycles. The number of carbonyl (C=O) groups excluding carboxylic acids is 1. The van der Waals surface area contributed by atoms with Crippen LogP contribution in [0.3, 0.4) is 0 Å². The summed E-state index contributed by atoms with van der Waals surface area (Å²) in [6, 6.07) is 0. The Bertz CT molecular complexity index is 875. The van der Waals surface area contributed by atoms with Crippen LogP contribution >= 0.6 is 0 Å². The minimum atomic E-state index is -0.801. The molecule has 0 amide bonds. The van der Waals surface area contributed by atoms with Crippen LogP contribution in [0.4, 0.5) is 5.95 Å². The van der Waals surface area contributed by atoms with Gasteiger partial charge in [-0.15, -0.1) is 0 Å². The van der Waals surface area contributed by atoms with Crippen LogP contribution in [0.5, 0.6) is 0 Å². The number of nitrogens with two attached hydrogens (primary N) is 1. The predicted molar refractivity (Wildman–Crippen MR) is 72.2 cm³/mol. The molecule has 0 aliphatic rings. The van der Waals surface area contributed by atoms with Crippen LogP contribution < -0.4 is 16.9 Å². The highest BCUT2D eigenvalue weighted by atomic mass is 16.5. The number of nitrogens with zero attached hydrogens (tertiary/aromatic N) is 2. The number of hydrogen-bond donors (Lipinski definition) is 4. The first kappa shape index (κ1) is 14.2. The molecule has 2 aromatic rings. The number of hydrogen-bond acceptors (Lipinski definition) is 8. The zero-order chi connectivity index (χ0) is 15.7. The third kappa shape index (κ3) is 2.73. The van der Waals surface area contributed by atoms with Crippen molar-refractivity contribution in [2.75, 3.05) is 5.73 Å². The summed E-state index contributed by atoms with van der Waals surface area (Å²) < 4.78 is 4.74. The smallest absolute Gasteiger partial charge is 0.308 e. The van der Waals surface area contributed by atoms with Gasteiger partial charge in [-0.3, -0.25) is 19.4 Å². The molecule has 5 N–H and O–H groups in total. The summed E-state index contributed by atoms with van der Waals surface area (Å²) in [4.78, 5) is 46.7. The van der Waals surface area contributed by atoms with Crippen molar-refractivity contribution in [3.05, 3.63) is 32.2 Å². The van der Waals surface area contributed by atoms with E-state index in [4.69, 9.17) is 10.5 Å². The average molecular weight is 293 g/mol. The van der Waals surface area contributed by atoms with Crippen LogP contribution in [0.15, 0.2) is 15.3 Å². The molecule has 10 nitrogen and oxygen atoms in total. The zero-order valence-corrected chi connectivity index (χ0v) is 11.1. The number of allylic oxidation sites excluding steroid dienone is 1.